The number of esters is 1. The number of fused-ring (bicyclic) bond motifs is 1. The monoisotopic (exact) mass is 343 g/mol. The van der Waals surface area contributed by atoms with Crippen LogP contribution >= 0.6 is 11.3 Å². The Morgan fingerprint density at radius 1 is 1.29 bits per heavy atom. The maximum Gasteiger partial charge on any atom is 0.349 e. The zero-order chi connectivity index (χ0) is 16.9. The third kappa shape index (κ3) is 3.37. The fourth-order valence-electron chi connectivity index (χ4n) is 2.36. The van der Waals surface area contributed by atoms with Crippen molar-refractivity contribution in [3.8, 4) is 0 Å². The number of nitrogens with zero attached hydrogens (tertiary/aromatic N) is 2. The molecule has 2 N–H and O–H groups in total. The topological polar surface area (TPSA) is 84.3 Å². The number of anilines is 1. The Hall–Kier alpha value is -2.51. The van der Waals surface area contributed by atoms with Gasteiger partial charge in [-0.2, -0.15) is 0 Å². The molecule has 0 saturated heterocycles. The fraction of sp³-hybridized carbons (Fsp3) is 0.235. The van der Waals surface area contributed by atoms with E-state index in [-0.39, 0.29) is 19.2 Å². The Labute approximate surface area is 143 Å². The van der Waals surface area contributed by atoms with E-state index in [4.69, 9.17) is 9.84 Å². The molecular weight excluding hydrogens is 326 g/mol. The van der Waals surface area contributed by atoms with E-state index in [1.807, 2.05) is 37.3 Å². The Morgan fingerprint density at radius 3 is 2.83 bits per heavy atom. The molecule has 24 heavy (non-hydrogen) atoms. The van der Waals surface area contributed by atoms with E-state index in [2.05, 4.69) is 15.3 Å². The van der Waals surface area contributed by atoms with Crippen molar-refractivity contribution in [2.75, 3.05) is 18.5 Å². The lowest BCUT2D eigenvalue weighted by Crippen LogP contribution is -2.08. The van der Waals surface area contributed by atoms with Gasteiger partial charge in [0, 0.05) is 6.54 Å². The summed E-state index contributed by atoms with van der Waals surface area (Å²) in [5, 5.41) is 12.8. The van der Waals surface area contributed by atoms with Gasteiger partial charge in [0.05, 0.1) is 12.0 Å². The number of nitrogens with one attached hydrogen (secondary N) is 1. The third-order valence-corrected chi connectivity index (χ3v) is 4.71. The Morgan fingerprint density at radius 2 is 2.08 bits per heavy atom. The van der Waals surface area contributed by atoms with Crippen molar-refractivity contribution in [3.63, 3.8) is 0 Å². The average molecular weight is 343 g/mol. The highest BCUT2D eigenvalue weighted by Gasteiger charge is 2.20. The maximum absolute atomic E-state index is 12.4. The van der Waals surface area contributed by atoms with Crippen LogP contribution in [0.5, 0.6) is 0 Å². The Bertz CT molecular complexity index is 849. The Balaban J connectivity index is 1.84. The summed E-state index contributed by atoms with van der Waals surface area (Å²) in [4.78, 5) is 22.1. The number of hydrogen-bond acceptors (Lipinski definition) is 7. The molecule has 3 aromatic rings. The first-order valence-corrected chi connectivity index (χ1v) is 8.32. The minimum absolute atomic E-state index is 0.000650. The van der Waals surface area contributed by atoms with Gasteiger partial charge in [-0.15, -0.1) is 11.3 Å². The van der Waals surface area contributed by atoms with Crippen LogP contribution in [0.15, 0.2) is 36.7 Å². The SMILES string of the molecule is Cc1c(C(=O)OCc2ccccc2)sc2ncnc(NCCO)c12. The molecule has 2 aromatic heterocycles. The third-order valence-electron chi connectivity index (χ3n) is 3.53. The molecule has 124 valence electrons. The number of carbonyl (C=O) groups is 1. The molecule has 0 aliphatic carbocycles. The molecule has 3 rings (SSSR count). The summed E-state index contributed by atoms with van der Waals surface area (Å²) in [6, 6.07) is 9.55. The van der Waals surface area contributed by atoms with Gasteiger partial charge in [0.1, 0.15) is 28.5 Å². The van der Waals surface area contributed by atoms with E-state index in [0.29, 0.717) is 17.2 Å². The standard InChI is InChI=1S/C17H17N3O3S/c1-11-13-15(18-7-8-21)19-10-20-16(13)24-14(11)17(22)23-9-12-5-3-2-4-6-12/h2-6,10,21H,7-9H2,1H3,(H,18,19,20). The number of thiophene rings is 1. The minimum Gasteiger partial charge on any atom is -0.457 e. The number of hydrogen-bond donors (Lipinski definition) is 2. The van der Waals surface area contributed by atoms with Gasteiger partial charge < -0.3 is 15.2 Å². The molecule has 6 nitrogen and oxygen atoms in total. The van der Waals surface area contributed by atoms with Crippen molar-refractivity contribution in [2.45, 2.75) is 13.5 Å². The number of aliphatic hydroxyl groups is 1. The van der Waals surface area contributed by atoms with E-state index in [1.54, 1.807) is 0 Å². The first-order chi connectivity index (χ1) is 11.7. The molecule has 1 aromatic carbocycles. The molecule has 0 unspecified atom stereocenters. The minimum atomic E-state index is -0.368. The summed E-state index contributed by atoms with van der Waals surface area (Å²) in [7, 11) is 0. The molecule has 0 radical (unpaired) electrons. The molecule has 0 aliphatic heterocycles. The van der Waals surface area contributed by atoms with Crippen molar-refractivity contribution in [2.24, 2.45) is 0 Å². The molecule has 0 amide bonds. The first-order valence-electron chi connectivity index (χ1n) is 7.50. The zero-order valence-corrected chi connectivity index (χ0v) is 14.0. The van der Waals surface area contributed by atoms with Crippen LogP contribution in [0.25, 0.3) is 10.2 Å². The number of aromatic nitrogens is 2. The predicted octanol–water partition coefficient (Wildman–Crippen LogP) is 2.76. The lowest BCUT2D eigenvalue weighted by molar-refractivity contribution is 0.0478. The van der Waals surface area contributed by atoms with Crippen LogP contribution < -0.4 is 5.32 Å². The molecule has 0 spiro atoms. The van der Waals surface area contributed by atoms with E-state index >= 15 is 0 Å². The number of ether oxygens (including phenoxy) is 1. The van der Waals surface area contributed by atoms with Crippen LogP contribution in [-0.4, -0.2) is 34.2 Å². The van der Waals surface area contributed by atoms with Crippen molar-refractivity contribution in [3.05, 3.63) is 52.7 Å². The highest BCUT2D eigenvalue weighted by Crippen LogP contribution is 2.33. The van der Waals surface area contributed by atoms with Crippen LogP contribution in [-0.2, 0) is 11.3 Å². The molecular formula is C17H17N3O3S. The molecule has 0 aliphatic rings. The number of benzene rings is 1. The summed E-state index contributed by atoms with van der Waals surface area (Å²) >= 11 is 1.29. The van der Waals surface area contributed by atoms with E-state index in [9.17, 15) is 4.79 Å². The summed E-state index contributed by atoms with van der Waals surface area (Å²) in [5.74, 6) is 0.248. The zero-order valence-electron chi connectivity index (χ0n) is 13.2. The van der Waals surface area contributed by atoms with Gasteiger partial charge in [-0.05, 0) is 18.1 Å². The van der Waals surface area contributed by atoms with Crippen LogP contribution in [0.2, 0.25) is 0 Å². The van der Waals surface area contributed by atoms with Gasteiger partial charge in [-0.3, -0.25) is 0 Å². The molecule has 7 heteroatoms. The second-order valence-corrected chi connectivity index (χ2v) is 6.17. The van der Waals surface area contributed by atoms with Crippen molar-refractivity contribution in [1.29, 1.82) is 0 Å². The van der Waals surface area contributed by atoms with E-state index in [0.717, 1.165) is 21.3 Å². The smallest absolute Gasteiger partial charge is 0.349 e. The number of carbonyl (C=O) groups excluding carboxylic acids is 1. The fourth-order valence-corrected chi connectivity index (χ4v) is 3.41. The van der Waals surface area contributed by atoms with Crippen LogP contribution in [0.3, 0.4) is 0 Å². The summed E-state index contributed by atoms with van der Waals surface area (Å²) in [6.07, 6.45) is 1.44. The van der Waals surface area contributed by atoms with Gasteiger partial charge in [0.25, 0.3) is 0 Å². The van der Waals surface area contributed by atoms with E-state index in [1.165, 1.54) is 17.7 Å². The van der Waals surface area contributed by atoms with Crippen LogP contribution in [0.1, 0.15) is 20.8 Å². The summed E-state index contributed by atoms with van der Waals surface area (Å²) < 4.78 is 5.41. The second kappa shape index (κ2) is 7.37. The van der Waals surface area contributed by atoms with Gasteiger partial charge in [0.15, 0.2) is 0 Å². The van der Waals surface area contributed by atoms with Crippen molar-refractivity contribution < 1.29 is 14.6 Å². The van der Waals surface area contributed by atoms with Crippen LogP contribution in [0, 0.1) is 6.92 Å². The van der Waals surface area contributed by atoms with Crippen molar-refractivity contribution >= 4 is 33.3 Å². The molecule has 0 saturated carbocycles. The number of aryl methyl sites for hydroxylation is 1. The van der Waals surface area contributed by atoms with Gasteiger partial charge >= 0.3 is 5.97 Å². The molecule has 0 atom stereocenters. The highest BCUT2D eigenvalue weighted by atomic mass is 32.1. The lowest BCUT2D eigenvalue weighted by atomic mass is 10.2. The molecule has 0 bridgehead atoms. The van der Waals surface area contributed by atoms with Gasteiger partial charge in [0.2, 0.25) is 0 Å². The quantitative estimate of drug-likeness (QED) is 0.670. The van der Waals surface area contributed by atoms with E-state index < -0.39 is 0 Å². The molecule has 2 heterocycles. The van der Waals surface area contributed by atoms with Gasteiger partial charge in [-0.25, -0.2) is 14.8 Å². The Kier molecular flexibility index (Phi) is 5.02. The normalized spacial score (nSPS) is 10.8. The summed E-state index contributed by atoms with van der Waals surface area (Å²) in [6.45, 7) is 2.47. The first kappa shape index (κ1) is 16.4. The maximum atomic E-state index is 12.4. The largest absolute Gasteiger partial charge is 0.457 e. The van der Waals surface area contributed by atoms with Crippen LogP contribution in [0.4, 0.5) is 5.82 Å². The highest BCUT2D eigenvalue weighted by molar-refractivity contribution is 7.20. The lowest BCUT2D eigenvalue weighted by Gasteiger charge is -2.06. The predicted molar refractivity (Wildman–Crippen MR) is 93.3 cm³/mol. The summed E-state index contributed by atoms with van der Waals surface area (Å²) in [5.41, 5.74) is 1.73. The second-order valence-electron chi connectivity index (χ2n) is 5.17. The van der Waals surface area contributed by atoms with Gasteiger partial charge in [-0.1, -0.05) is 30.3 Å². The number of aliphatic hydroxyl groups excluding tert-OH is 1. The molecule has 0 fully saturated rings. The number of rotatable bonds is 6. The average Bonchev–Trinajstić information content (AvgIpc) is 2.96. The van der Waals surface area contributed by atoms with Crippen molar-refractivity contribution in [1.82, 2.24) is 9.97 Å².